The van der Waals surface area contributed by atoms with Crippen LogP contribution in [0.1, 0.15) is 17.2 Å². The SMILES string of the molecule is O=C([C@H]1O[C@H]1c1ccccc1)N(Cc1ccccc1)c1ccccc1. The summed E-state index contributed by atoms with van der Waals surface area (Å²) in [4.78, 5) is 14.9. The van der Waals surface area contributed by atoms with E-state index < -0.39 is 6.10 Å². The first-order valence-corrected chi connectivity index (χ1v) is 8.44. The van der Waals surface area contributed by atoms with Crippen LogP contribution in [0.15, 0.2) is 91.0 Å². The van der Waals surface area contributed by atoms with Crippen molar-refractivity contribution < 1.29 is 9.53 Å². The number of hydrogen-bond donors (Lipinski definition) is 0. The second kappa shape index (κ2) is 6.91. The molecular formula is C22H19NO2. The molecule has 0 unspecified atom stereocenters. The van der Waals surface area contributed by atoms with Gasteiger partial charge in [-0.15, -0.1) is 0 Å². The zero-order valence-corrected chi connectivity index (χ0v) is 13.8. The number of amides is 1. The van der Waals surface area contributed by atoms with Crippen LogP contribution in [0, 0.1) is 0 Å². The van der Waals surface area contributed by atoms with Crippen LogP contribution in [-0.2, 0) is 16.1 Å². The molecule has 0 spiro atoms. The molecule has 1 fully saturated rings. The van der Waals surface area contributed by atoms with Crippen molar-refractivity contribution in [2.75, 3.05) is 4.90 Å². The molecule has 1 saturated heterocycles. The van der Waals surface area contributed by atoms with Gasteiger partial charge in [-0.2, -0.15) is 0 Å². The number of rotatable bonds is 5. The second-order valence-electron chi connectivity index (χ2n) is 6.13. The highest BCUT2D eigenvalue weighted by atomic mass is 16.6. The maximum atomic E-state index is 13.1. The number of para-hydroxylation sites is 1. The molecule has 4 rings (SSSR count). The van der Waals surface area contributed by atoms with E-state index in [0.29, 0.717) is 6.54 Å². The molecule has 0 bridgehead atoms. The lowest BCUT2D eigenvalue weighted by Crippen LogP contribution is -2.34. The molecule has 0 radical (unpaired) electrons. The molecule has 0 N–H and O–H groups in total. The third-order valence-corrected chi connectivity index (χ3v) is 4.38. The van der Waals surface area contributed by atoms with E-state index in [1.807, 2.05) is 95.9 Å². The van der Waals surface area contributed by atoms with Crippen LogP contribution in [0.4, 0.5) is 5.69 Å². The fraction of sp³-hybridized carbons (Fsp3) is 0.136. The highest BCUT2D eigenvalue weighted by Gasteiger charge is 2.48. The lowest BCUT2D eigenvalue weighted by Gasteiger charge is -2.22. The fourth-order valence-electron chi connectivity index (χ4n) is 3.02. The summed E-state index contributed by atoms with van der Waals surface area (Å²) >= 11 is 0. The normalized spacial score (nSPS) is 18.6. The topological polar surface area (TPSA) is 32.8 Å². The second-order valence-corrected chi connectivity index (χ2v) is 6.13. The van der Waals surface area contributed by atoms with Gasteiger partial charge in [0.2, 0.25) is 0 Å². The minimum atomic E-state index is -0.411. The third-order valence-electron chi connectivity index (χ3n) is 4.38. The highest BCUT2D eigenvalue weighted by Crippen LogP contribution is 2.40. The van der Waals surface area contributed by atoms with Crippen molar-refractivity contribution in [3.8, 4) is 0 Å². The van der Waals surface area contributed by atoms with Crippen molar-refractivity contribution in [3.05, 3.63) is 102 Å². The Labute approximate surface area is 147 Å². The number of epoxide rings is 1. The van der Waals surface area contributed by atoms with E-state index in [9.17, 15) is 4.79 Å². The molecule has 1 amide bonds. The Kier molecular flexibility index (Phi) is 4.32. The summed E-state index contributed by atoms with van der Waals surface area (Å²) in [6.07, 6.45) is -0.554. The Hall–Kier alpha value is -2.91. The number of nitrogens with zero attached hydrogens (tertiary/aromatic N) is 1. The van der Waals surface area contributed by atoms with Crippen molar-refractivity contribution in [1.29, 1.82) is 0 Å². The molecule has 0 aliphatic carbocycles. The lowest BCUT2D eigenvalue weighted by molar-refractivity contribution is -0.119. The Morgan fingerprint density at radius 2 is 1.36 bits per heavy atom. The van der Waals surface area contributed by atoms with Crippen LogP contribution < -0.4 is 4.90 Å². The van der Waals surface area contributed by atoms with Crippen LogP contribution in [0.25, 0.3) is 0 Å². The molecule has 1 aliphatic rings. The van der Waals surface area contributed by atoms with Gasteiger partial charge in [-0.05, 0) is 23.3 Å². The van der Waals surface area contributed by atoms with Gasteiger partial charge in [0.25, 0.3) is 5.91 Å². The molecule has 3 nitrogen and oxygen atoms in total. The summed E-state index contributed by atoms with van der Waals surface area (Å²) < 4.78 is 5.71. The standard InChI is InChI=1S/C22H19NO2/c24-22(21-20(25-21)18-12-6-2-7-13-18)23(19-14-8-3-9-15-19)16-17-10-4-1-5-11-17/h1-15,20-21H,16H2/t20-,21-/m0/s1. The van der Waals surface area contributed by atoms with Gasteiger partial charge in [0.15, 0.2) is 6.10 Å². The Morgan fingerprint density at radius 3 is 2.00 bits per heavy atom. The highest BCUT2D eigenvalue weighted by molar-refractivity contribution is 5.98. The maximum Gasteiger partial charge on any atom is 0.259 e. The van der Waals surface area contributed by atoms with Gasteiger partial charge in [0, 0.05) is 5.69 Å². The molecular weight excluding hydrogens is 310 g/mol. The van der Waals surface area contributed by atoms with Gasteiger partial charge in [0.05, 0.1) is 6.54 Å². The molecule has 0 saturated carbocycles. The van der Waals surface area contributed by atoms with Gasteiger partial charge >= 0.3 is 0 Å². The van der Waals surface area contributed by atoms with Gasteiger partial charge in [0.1, 0.15) is 6.10 Å². The van der Waals surface area contributed by atoms with Gasteiger partial charge < -0.3 is 9.64 Å². The number of hydrogen-bond acceptors (Lipinski definition) is 2. The summed E-state index contributed by atoms with van der Waals surface area (Å²) in [5, 5.41) is 0. The van der Waals surface area contributed by atoms with Crippen LogP contribution in [0.2, 0.25) is 0 Å². The molecule has 25 heavy (non-hydrogen) atoms. The van der Waals surface area contributed by atoms with Crippen molar-refractivity contribution in [2.45, 2.75) is 18.8 Å². The van der Waals surface area contributed by atoms with Gasteiger partial charge in [-0.3, -0.25) is 4.79 Å². The van der Waals surface area contributed by atoms with Crippen molar-refractivity contribution >= 4 is 11.6 Å². The molecule has 3 aromatic carbocycles. The van der Waals surface area contributed by atoms with E-state index in [-0.39, 0.29) is 12.0 Å². The third kappa shape index (κ3) is 3.47. The van der Waals surface area contributed by atoms with E-state index in [4.69, 9.17) is 4.74 Å². The Bertz CT molecular complexity index is 834. The number of carbonyl (C=O) groups excluding carboxylic acids is 1. The van der Waals surface area contributed by atoms with E-state index in [1.165, 1.54) is 0 Å². The minimum Gasteiger partial charge on any atom is -0.354 e. The molecule has 3 aromatic rings. The molecule has 0 aromatic heterocycles. The minimum absolute atomic E-state index is 0.00362. The quantitative estimate of drug-likeness (QED) is 0.652. The average molecular weight is 329 g/mol. The van der Waals surface area contributed by atoms with E-state index in [0.717, 1.165) is 16.8 Å². The summed E-state index contributed by atoms with van der Waals surface area (Å²) in [5.74, 6) is 0.00362. The number of carbonyl (C=O) groups is 1. The summed E-state index contributed by atoms with van der Waals surface area (Å²) in [6.45, 7) is 0.533. The zero-order valence-electron chi connectivity index (χ0n) is 13.8. The largest absolute Gasteiger partial charge is 0.354 e. The van der Waals surface area contributed by atoms with Crippen molar-refractivity contribution in [3.63, 3.8) is 0 Å². The molecule has 3 heteroatoms. The molecule has 1 heterocycles. The molecule has 2 atom stereocenters. The van der Waals surface area contributed by atoms with E-state index in [2.05, 4.69) is 0 Å². The Morgan fingerprint density at radius 1 is 0.800 bits per heavy atom. The zero-order chi connectivity index (χ0) is 17.1. The van der Waals surface area contributed by atoms with E-state index in [1.54, 1.807) is 0 Å². The smallest absolute Gasteiger partial charge is 0.259 e. The first-order valence-electron chi connectivity index (χ1n) is 8.44. The predicted octanol–water partition coefficient (Wildman–Crippen LogP) is 4.36. The van der Waals surface area contributed by atoms with Crippen LogP contribution in [0.5, 0.6) is 0 Å². The maximum absolute atomic E-state index is 13.1. The van der Waals surface area contributed by atoms with Crippen molar-refractivity contribution in [1.82, 2.24) is 0 Å². The van der Waals surface area contributed by atoms with Crippen molar-refractivity contribution in [2.24, 2.45) is 0 Å². The van der Waals surface area contributed by atoms with E-state index >= 15 is 0 Å². The Balaban J connectivity index is 1.57. The van der Waals surface area contributed by atoms with Crippen LogP contribution in [-0.4, -0.2) is 12.0 Å². The van der Waals surface area contributed by atoms with Gasteiger partial charge in [-0.1, -0.05) is 78.9 Å². The number of ether oxygens (including phenoxy) is 1. The van der Waals surface area contributed by atoms with Crippen LogP contribution in [0.3, 0.4) is 0 Å². The monoisotopic (exact) mass is 329 g/mol. The summed E-state index contributed by atoms with van der Waals surface area (Å²) in [7, 11) is 0. The molecule has 1 aliphatic heterocycles. The predicted molar refractivity (Wildman–Crippen MR) is 98.1 cm³/mol. The lowest BCUT2D eigenvalue weighted by atomic mass is 10.1. The number of anilines is 1. The van der Waals surface area contributed by atoms with Crippen LogP contribution >= 0.6 is 0 Å². The average Bonchev–Trinajstić information content (AvgIpc) is 3.49. The molecule has 124 valence electrons. The summed E-state index contributed by atoms with van der Waals surface area (Å²) in [5.41, 5.74) is 3.03. The first-order chi connectivity index (χ1) is 12.3. The first kappa shape index (κ1) is 15.6. The van der Waals surface area contributed by atoms with Gasteiger partial charge in [-0.25, -0.2) is 0 Å². The summed E-state index contributed by atoms with van der Waals surface area (Å²) in [6, 6.07) is 29.7. The number of benzene rings is 3. The fourth-order valence-corrected chi connectivity index (χ4v) is 3.02.